The molecule has 4 nitrogen and oxygen atoms in total. The normalized spacial score (nSPS) is 10.2. The van der Waals surface area contributed by atoms with Gasteiger partial charge >= 0.3 is 0 Å². The first-order chi connectivity index (χ1) is 10.2. The molecule has 0 atom stereocenters. The summed E-state index contributed by atoms with van der Waals surface area (Å²) in [5.74, 6) is 1.55. The molecule has 0 aliphatic heterocycles. The molecule has 0 heterocycles. The van der Waals surface area contributed by atoms with E-state index < -0.39 is 0 Å². The fourth-order valence-corrected chi connectivity index (χ4v) is 2.65. The molecule has 6 heteroatoms. The van der Waals surface area contributed by atoms with Crippen molar-refractivity contribution in [3.05, 3.63) is 22.2 Å². The van der Waals surface area contributed by atoms with Crippen molar-refractivity contribution in [3.8, 4) is 11.5 Å². The molecule has 0 amide bonds. The van der Waals surface area contributed by atoms with Gasteiger partial charge in [-0.15, -0.1) is 12.4 Å². The van der Waals surface area contributed by atoms with E-state index in [2.05, 4.69) is 27.3 Å². The third-order valence-electron chi connectivity index (χ3n) is 3.00. The zero-order chi connectivity index (χ0) is 15.5. The second kappa shape index (κ2) is 13.0. The highest BCUT2D eigenvalue weighted by molar-refractivity contribution is 9.10. The first-order valence-corrected chi connectivity index (χ1v) is 8.41. The van der Waals surface area contributed by atoms with E-state index in [4.69, 9.17) is 14.6 Å². The Morgan fingerprint density at radius 2 is 1.82 bits per heavy atom. The predicted octanol–water partition coefficient (Wildman–Crippen LogP) is 3.92. The van der Waals surface area contributed by atoms with E-state index in [1.807, 2.05) is 19.9 Å². The van der Waals surface area contributed by atoms with E-state index in [0.717, 1.165) is 53.9 Å². The van der Waals surface area contributed by atoms with E-state index in [0.29, 0.717) is 13.2 Å². The predicted molar refractivity (Wildman–Crippen MR) is 96.4 cm³/mol. The average molecular weight is 397 g/mol. The van der Waals surface area contributed by atoms with E-state index in [-0.39, 0.29) is 19.0 Å². The first-order valence-electron chi connectivity index (χ1n) is 7.62. The van der Waals surface area contributed by atoms with E-state index >= 15 is 0 Å². The highest BCUT2D eigenvalue weighted by atomic mass is 79.9. The van der Waals surface area contributed by atoms with Crippen molar-refractivity contribution in [1.82, 2.24) is 5.32 Å². The Bertz CT molecular complexity index is 419. The van der Waals surface area contributed by atoms with Gasteiger partial charge in [-0.2, -0.15) is 0 Å². The van der Waals surface area contributed by atoms with Crippen LogP contribution >= 0.6 is 28.3 Å². The molecule has 0 bridgehead atoms. The number of aliphatic hydroxyl groups excluding tert-OH is 1. The van der Waals surface area contributed by atoms with Crippen molar-refractivity contribution in [2.75, 3.05) is 26.4 Å². The van der Waals surface area contributed by atoms with Crippen LogP contribution in [0.15, 0.2) is 16.6 Å². The third kappa shape index (κ3) is 7.68. The van der Waals surface area contributed by atoms with Crippen LogP contribution in [0.3, 0.4) is 0 Å². The lowest BCUT2D eigenvalue weighted by atomic mass is 10.2. The van der Waals surface area contributed by atoms with Gasteiger partial charge in [0.2, 0.25) is 0 Å². The molecule has 0 fully saturated rings. The highest BCUT2D eigenvalue weighted by Gasteiger charge is 2.11. The number of aliphatic hydroxyl groups is 1. The smallest absolute Gasteiger partial charge is 0.175 e. The van der Waals surface area contributed by atoms with Crippen molar-refractivity contribution in [2.24, 2.45) is 0 Å². The van der Waals surface area contributed by atoms with Gasteiger partial charge in [-0.3, -0.25) is 0 Å². The summed E-state index contributed by atoms with van der Waals surface area (Å²) in [6.07, 6.45) is 3.02. The lowest BCUT2D eigenvalue weighted by Gasteiger charge is -2.15. The molecule has 0 aliphatic rings. The number of rotatable bonds is 11. The minimum Gasteiger partial charge on any atom is -0.490 e. The fraction of sp³-hybridized carbons (Fsp3) is 0.625. The van der Waals surface area contributed by atoms with Crippen molar-refractivity contribution in [2.45, 2.75) is 39.7 Å². The molecule has 1 rings (SSSR count). The second-order valence-corrected chi connectivity index (χ2v) is 5.59. The van der Waals surface area contributed by atoms with Gasteiger partial charge in [0.1, 0.15) is 0 Å². The largest absolute Gasteiger partial charge is 0.490 e. The van der Waals surface area contributed by atoms with Crippen LogP contribution in [-0.2, 0) is 6.54 Å². The Morgan fingerprint density at radius 3 is 2.45 bits per heavy atom. The molecule has 0 radical (unpaired) electrons. The van der Waals surface area contributed by atoms with Gasteiger partial charge in [0.05, 0.1) is 17.7 Å². The monoisotopic (exact) mass is 395 g/mol. The van der Waals surface area contributed by atoms with Crippen LogP contribution in [-0.4, -0.2) is 31.5 Å². The van der Waals surface area contributed by atoms with E-state index in [9.17, 15) is 0 Å². The maximum atomic E-state index is 8.73. The van der Waals surface area contributed by atoms with Crippen LogP contribution in [0.5, 0.6) is 11.5 Å². The summed E-state index contributed by atoms with van der Waals surface area (Å²) in [5, 5.41) is 12.1. The number of hydrogen-bond acceptors (Lipinski definition) is 4. The van der Waals surface area contributed by atoms with Crippen molar-refractivity contribution >= 4 is 28.3 Å². The quantitative estimate of drug-likeness (QED) is 0.557. The zero-order valence-corrected chi connectivity index (χ0v) is 15.8. The summed E-state index contributed by atoms with van der Waals surface area (Å²) in [6, 6.07) is 4.09. The average Bonchev–Trinajstić information content (AvgIpc) is 2.46. The van der Waals surface area contributed by atoms with Crippen LogP contribution in [0, 0.1) is 0 Å². The van der Waals surface area contributed by atoms with Gasteiger partial charge in [0, 0.05) is 13.2 Å². The molecule has 0 saturated carbocycles. The Kier molecular flexibility index (Phi) is 12.7. The van der Waals surface area contributed by atoms with E-state index in [1.54, 1.807) is 0 Å². The van der Waals surface area contributed by atoms with Crippen LogP contribution in [0.1, 0.15) is 38.7 Å². The molecular weight excluding hydrogens is 370 g/mol. The minimum atomic E-state index is 0. The number of halogens is 2. The number of nitrogens with one attached hydrogen (secondary N) is 1. The lowest BCUT2D eigenvalue weighted by molar-refractivity contribution is 0.282. The SMILES string of the molecule is CCOc1cc(CNCCCCCO)cc(Br)c1OCC.Cl. The number of benzene rings is 1. The summed E-state index contributed by atoms with van der Waals surface area (Å²) >= 11 is 3.55. The van der Waals surface area contributed by atoms with Gasteiger partial charge < -0.3 is 19.9 Å². The molecule has 1 aromatic carbocycles. The van der Waals surface area contributed by atoms with Gasteiger partial charge in [0.15, 0.2) is 11.5 Å². The summed E-state index contributed by atoms with van der Waals surface area (Å²) < 4.78 is 12.2. The number of ether oxygens (including phenoxy) is 2. The van der Waals surface area contributed by atoms with E-state index in [1.165, 1.54) is 0 Å². The maximum Gasteiger partial charge on any atom is 0.175 e. The van der Waals surface area contributed by atoms with Crippen molar-refractivity contribution < 1.29 is 14.6 Å². The van der Waals surface area contributed by atoms with Crippen LogP contribution in [0.2, 0.25) is 0 Å². The number of unbranched alkanes of at least 4 members (excludes halogenated alkanes) is 2. The van der Waals surface area contributed by atoms with Crippen molar-refractivity contribution in [1.29, 1.82) is 0 Å². The molecule has 1 aromatic rings. The third-order valence-corrected chi connectivity index (χ3v) is 3.59. The van der Waals surface area contributed by atoms with Gasteiger partial charge in [0.25, 0.3) is 0 Å². The molecular formula is C16H27BrClNO3. The van der Waals surface area contributed by atoms with Gasteiger partial charge in [-0.05, 0) is 73.3 Å². The molecule has 0 saturated heterocycles. The molecule has 0 aliphatic carbocycles. The summed E-state index contributed by atoms with van der Waals surface area (Å²) in [5.41, 5.74) is 1.16. The Hall–Kier alpha value is -0.490. The summed E-state index contributed by atoms with van der Waals surface area (Å²) in [4.78, 5) is 0. The molecule has 0 aromatic heterocycles. The molecule has 22 heavy (non-hydrogen) atoms. The standard InChI is InChI=1S/C16H26BrNO3.ClH/c1-3-20-15-11-13(10-14(17)16(15)21-4-2)12-18-8-6-5-7-9-19;/h10-11,18-19H,3-9,12H2,1-2H3;1H. The topological polar surface area (TPSA) is 50.7 Å². The van der Waals surface area contributed by atoms with Gasteiger partial charge in [-0.1, -0.05) is 0 Å². The molecule has 128 valence electrons. The molecule has 0 spiro atoms. The summed E-state index contributed by atoms with van der Waals surface area (Å²) in [7, 11) is 0. The molecule has 2 N–H and O–H groups in total. The van der Waals surface area contributed by atoms with Crippen LogP contribution in [0.25, 0.3) is 0 Å². The first kappa shape index (κ1) is 21.5. The van der Waals surface area contributed by atoms with Crippen LogP contribution < -0.4 is 14.8 Å². The summed E-state index contributed by atoms with van der Waals surface area (Å²) in [6.45, 7) is 7.19. The highest BCUT2D eigenvalue weighted by Crippen LogP contribution is 2.36. The van der Waals surface area contributed by atoms with Gasteiger partial charge in [-0.25, -0.2) is 0 Å². The lowest BCUT2D eigenvalue weighted by Crippen LogP contribution is -2.15. The zero-order valence-electron chi connectivity index (χ0n) is 13.4. The number of hydrogen-bond donors (Lipinski definition) is 2. The Morgan fingerprint density at radius 1 is 1.09 bits per heavy atom. The fourth-order valence-electron chi connectivity index (χ4n) is 2.04. The van der Waals surface area contributed by atoms with Crippen molar-refractivity contribution in [3.63, 3.8) is 0 Å². The van der Waals surface area contributed by atoms with Crippen LogP contribution in [0.4, 0.5) is 0 Å². The Balaban J connectivity index is 0.00000441. The second-order valence-electron chi connectivity index (χ2n) is 4.73. The molecule has 0 unspecified atom stereocenters. The maximum absolute atomic E-state index is 8.73. The minimum absolute atomic E-state index is 0. The Labute approximate surface area is 148 Å².